The molecule has 2 aromatic carbocycles. The SMILES string of the molecule is CC(C(=O)NCc1ccc(Cl)cc1)n1ccc2cc(S(=O)(=O)N3CCCCC3)ccc21. The van der Waals surface area contributed by atoms with E-state index in [1.54, 1.807) is 34.6 Å². The summed E-state index contributed by atoms with van der Waals surface area (Å²) in [5.74, 6) is -0.113. The van der Waals surface area contributed by atoms with Gasteiger partial charge in [-0.15, -0.1) is 0 Å². The van der Waals surface area contributed by atoms with E-state index in [0.717, 1.165) is 35.7 Å². The third kappa shape index (κ3) is 4.63. The lowest BCUT2D eigenvalue weighted by Gasteiger charge is -2.26. The summed E-state index contributed by atoms with van der Waals surface area (Å²) in [6.07, 6.45) is 4.71. The van der Waals surface area contributed by atoms with E-state index in [4.69, 9.17) is 11.6 Å². The van der Waals surface area contributed by atoms with Gasteiger partial charge in [-0.2, -0.15) is 4.31 Å². The number of nitrogens with one attached hydrogen (secondary N) is 1. The van der Waals surface area contributed by atoms with E-state index >= 15 is 0 Å². The van der Waals surface area contributed by atoms with Gasteiger partial charge in [0.1, 0.15) is 6.04 Å². The molecule has 0 aliphatic carbocycles. The van der Waals surface area contributed by atoms with E-state index in [9.17, 15) is 13.2 Å². The second kappa shape index (κ2) is 9.02. The maximum absolute atomic E-state index is 13.0. The van der Waals surface area contributed by atoms with Crippen LogP contribution >= 0.6 is 11.6 Å². The molecule has 1 aliphatic heterocycles. The maximum Gasteiger partial charge on any atom is 0.243 e. The Morgan fingerprint density at radius 1 is 1.06 bits per heavy atom. The van der Waals surface area contributed by atoms with Gasteiger partial charge in [0.15, 0.2) is 0 Å². The molecule has 8 heteroatoms. The van der Waals surface area contributed by atoms with Crippen LogP contribution in [-0.2, 0) is 21.4 Å². The molecule has 1 aliphatic rings. The fourth-order valence-corrected chi connectivity index (χ4v) is 5.64. The molecule has 0 spiro atoms. The van der Waals surface area contributed by atoms with Crippen LogP contribution in [0.25, 0.3) is 10.9 Å². The summed E-state index contributed by atoms with van der Waals surface area (Å²) >= 11 is 5.90. The number of carbonyl (C=O) groups is 1. The molecule has 1 N–H and O–H groups in total. The summed E-state index contributed by atoms with van der Waals surface area (Å²) in [6.45, 7) is 3.39. The predicted octanol–water partition coefficient (Wildman–Crippen LogP) is 4.35. The smallest absolute Gasteiger partial charge is 0.243 e. The Labute approximate surface area is 187 Å². The molecule has 4 rings (SSSR count). The van der Waals surface area contributed by atoms with Crippen LogP contribution in [0.1, 0.15) is 37.8 Å². The topological polar surface area (TPSA) is 71.4 Å². The Kier molecular flexibility index (Phi) is 6.36. The van der Waals surface area contributed by atoms with Gasteiger partial charge in [-0.3, -0.25) is 4.79 Å². The third-order valence-corrected chi connectivity index (χ3v) is 7.97. The van der Waals surface area contributed by atoms with Crippen LogP contribution in [-0.4, -0.2) is 36.3 Å². The van der Waals surface area contributed by atoms with Gasteiger partial charge in [0.05, 0.1) is 4.90 Å². The lowest BCUT2D eigenvalue weighted by atomic mass is 10.2. The van der Waals surface area contributed by atoms with Crippen LogP contribution in [0.4, 0.5) is 0 Å². The molecule has 31 heavy (non-hydrogen) atoms. The van der Waals surface area contributed by atoms with Crippen molar-refractivity contribution in [3.05, 3.63) is 65.3 Å². The maximum atomic E-state index is 13.0. The molecule has 0 saturated carbocycles. The number of hydrogen-bond acceptors (Lipinski definition) is 3. The van der Waals surface area contributed by atoms with Crippen molar-refractivity contribution in [2.45, 2.75) is 43.7 Å². The summed E-state index contributed by atoms with van der Waals surface area (Å²) in [6, 6.07) is 13.9. The number of rotatable bonds is 6. The van der Waals surface area contributed by atoms with Gasteiger partial charge >= 0.3 is 0 Å². The van der Waals surface area contributed by atoms with Gasteiger partial charge in [0.2, 0.25) is 15.9 Å². The zero-order valence-corrected chi connectivity index (χ0v) is 19.0. The third-order valence-electron chi connectivity index (χ3n) is 5.82. The standard InChI is InChI=1S/C23H26ClN3O3S/c1-17(23(28)25-16-18-5-7-20(24)8-6-18)27-14-11-19-15-21(9-10-22(19)27)31(29,30)26-12-3-2-4-13-26/h5-11,14-15,17H,2-4,12-13,16H2,1H3,(H,25,28). The lowest BCUT2D eigenvalue weighted by Crippen LogP contribution is -2.35. The van der Waals surface area contributed by atoms with Crippen LogP contribution in [0.15, 0.2) is 59.6 Å². The first kappa shape index (κ1) is 21.9. The first-order valence-corrected chi connectivity index (χ1v) is 12.3. The van der Waals surface area contributed by atoms with E-state index in [0.29, 0.717) is 29.6 Å². The number of fused-ring (bicyclic) bond motifs is 1. The van der Waals surface area contributed by atoms with Crippen molar-refractivity contribution in [3.8, 4) is 0 Å². The molecule has 3 aromatic rings. The lowest BCUT2D eigenvalue weighted by molar-refractivity contribution is -0.123. The van der Waals surface area contributed by atoms with Crippen molar-refractivity contribution in [2.24, 2.45) is 0 Å². The number of piperidine rings is 1. The Bertz CT molecular complexity index is 1180. The first-order chi connectivity index (χ1) is 14.9. The molecule has 1 amide bonds. The summed E-state index contributed by atoms with van der Waals surface area (Å²) in [7, 11) is -3.49. The molecular formula is C23H26ClN3O3S. The number of aromatic nitrogens is 1. The van der Waals surface area contributed by atoms with Crippen LogP contribution in [0.5, 0.6) is 0 Å². The first-order valence-electron chi connectivity index (χ1n) is 10.5. The largest absolute Gasteiger partial charge is 0.350 e. The monoisotopic (exact) mass is 459 g/mol. The summed E-state index contributed by atoms with van der Waals surface area (Å²) < 4.78 is 29.4. The van der Waals surface area contributed by atoms with Gasteiger partial charge in [0, 0.05) is 41.8 Å². The highest BCUT2D eigenvalue weighted by Gasteiger charge is 2.26. The molecule has 0 radical (unpaired) electrons. The van der Waals surface area contributed by atoms with Crippen LogP contribution in [0.3, 0.4) is 0 Å². The highest BCUT2D eigenvalue weighted by atomic mass is 35.5. The van der Waals surface area contributed by atoms with Gasteiger partial charge in [-0.05, 0) is 61.7 Å². The quantitative estimate of drug-likeness (QED) is 0.595. The molecule has 6 nitrogen and oxygen atoms in total. The van der Waals surface area contributed by atoms with E-state index in [1.807, 2.05) is 35.9 Å². The van der Waals surface area contributed by atoms with Crippen LogP contribution in [0.2, 0.25) is 5.02 Å². The molecule has 1 fully saturated rings. The predicted molar refractivity (Wildman–Crippen MR) is 123 cm³/mol. The van der Waals surface area contributed by atoms with Crippen molar-refractivity contribution in [3.63, 3.8) is 0 Å². The fourth-order valence-electron chi connectivity index (χ4n) is 3.96. The van der Waals surface area contributed by atoms with Crippen molar-refractivity contribution in [1.82, 2.24) is 14.2 Å². The molecule has 0 bridgehead atoms. The number of benzene rings is 2. The highest BCUT2D eigenvalue weighted by Crippen LogP contribution is 2.26. The number of sulfonamides is 1. The normalized spacial score (nSPS) is 16.3. The molecular weight excluding hydrogens is 434 g/mol. The highest BCUT2D eigenvalue weighted by molar-refractivity contribution is 7.89. The minimum absolute atomic E-state index is 0.113. The number of carbonyl (C=O) groups excluding carboxylic acids is 1. The molecule has 2 heterocycles. The molecule has 1 aromatic heterocycles. The second-order valence-corrected chi connectivity index (χ2v) is 10.3. The summed E-state index contributed by atoms with van der Waals surface area (Å²) in [5.41, 5.74) is 1.79. The van der Waals surface area contributed by atoms with Crippen molar-refractivity contribution < 1.29 is 13.2 Å². The van der Waals surface area contributed by atoms with Gasteiger partial charge in [0.25, 0.3) is 0 Å². The summed E-state index contributed by atoms with van der Waals surface area (Å²) in [5, 5.41) is 4.40. The Hall–Kier alpha value is -2.35. The van der Waals surface area contributed by atoms with E-state index in [1.165, 1.54) is 0 Å². The Morgan fingerprint density at radius 2 is 1.77 bits per heavy atom. The van der Waals surface area contributed by atoms with Crippen molar-refractivity contribution >= 4 is 38.4 Å². The second-order valence-electron chi connectivity index (χ2n) is 7.93. The average molecular weight is 460 g/mol. The Balaban J connectivity index is 1.50. The van der Waals surface area contributed by atoms with Gasteiger partial charge in [-0.1, -0.05) is 30.2 Å². The van der Waals surface area contributed by atoms with Crippen LogP contribution < -0.4 is 5.32 Å². The molecule has 164 valence electrons. The van der Waals surface area contributed by atoms with Crippen molar-refractivity contribution in [2.75, 3.05) is 13.1 Å². The van der Waals surface area contributed by atoms with Gasteiger partial charge in [-0.25, -0.2) is 8.42 Å². The van der Waals surface area contributed by atoms with Crippen LogP contribution in [0, 0.1) is 0 Å². The van der Waals surface area contributed by atoms with Crippen molar-refractivity contribution in [1.29, 1.82) is 0 Å². The molecule has 1 unspecified atom stereocenters. The zero-order valence-electron chi connectivity index (χ0n) is 17.4. The van der Waals surface area contributed by atoms with E-state index < -0.39 is 16.1 Å². The fraction of sp³-hybridized carbons (Fsp3) is 0.348. The number of hydrogen-bond donors (Lipinski definition) is 1. The summed E-state index contributed by atoms with van der Waals surface area (Å²) in [4.78, 5) is 13.0. The average Bonchev–Trinajstić information content (AvgIpc) is 3.22. The minimum Gasteiger partial charge on any atom is -0.350 e. The number of halogens is 1. The zero-order chi connectivity index (χ0) is 22.0. The molecule has 1 saturated heterocycles. The minimum atomic E-state index is -3.49. The van der Waals surface area contributed by atoms with E-state index in [-0.39, 0.29) is 5.91 Å². The Morgan fingerprint density at radius 3 is 2.48 bits per heavy atom. The number of nitrogens with zero attached hydrogens (tertiary/aromatic N) is 2. The van der Waals surface area contributed by atoms with E-state index in [2.05, 4.69) is 5.32 Å². The molecule has 1 atom stereocenters. The van der Waals surface area contributed by atoms with Gasteiger partial charge < -0.3 is 9.88 Å². The number of amides is 1.